The molecule has 1 heterocycles. The van der Waals surface area contributed by atoms with Crippen molar-refractivity contribution in [1.29, 1.82) is 0 Å². The molecule has 0 unspecified atom stereocenters. The van der Waals surface area contributed by atoms with E-state index in [-0.39, 0.29) is 17.7 Å². The molecule has 6 heteroatoms. The lowest BCUT2D eigenvalue weighted by molar-refractivity contribution is -0.129. The van der Waals surface area contributed by atoms with Gasteiger partial charge in [0.15, 0.2) is 0 Å². The van der Waals surface area contributed by atoms with Crippen molar-refractivity contribution in [2.75, 3.05) is 0 Å². The van der Waals surface area contributed by atoms with Crippen molar-refractivity contribution in [3.05, 3.63) is 17.7 Å². The number of H-pyrrole nitrogens is 1. The van der Waals surface area contributed by atoms with Crippen LogP contribution in [0.1, 0.15) is 32.2 Å². The van der Waals surface area contributed by atoms with Crippen molar-refractivity contribution < 1.29 is 9.59 Å². The molecule has 1 rings (SSSR count). The highest BCUT2D eigenvalue weighted by molar-refractivity contribution is 5.86. The van der Waals surface area contributed by atoms with Crippen LogP contribution in [-0.2, 0) is 16.1 Å². The fourth-order valence-electron chi connectivity index (χ4n) is 1.60. The van der Waals surface area contributed by atoms with Crippen molar-refractivity contribution in [3.63, 3.8) is 0 Å². The molecule has 0 saturated carbocycles. The summed E-state index contributed by atoms with van der Waals surface area (Å²) in [5, 5.41) is 5.42. The summed E-state index contributed by atoms with van der Waals surface area (Å²) in [5.74, 6) is -0.364. The van der Waals surface area contributed by atoms with Gasteiger partial charge < -0.3 is 15.6 Å². The van der Waals surface area contributed by atoms with Gasteiger partial charge in [0.05, 0.1) is 18.6 Å². The third kappa shape index (κ3) is 3.87. The number of nitrogens with one attached hydrogen (secondary N) is 3. The molecule has 1 aromatic rings. The molecule has 18 heavy (non-hydrogen) atoms. The molecule has 0 bridgehead atoms. The fraction of sp³-hybridized carbons (Fsp3) is 0.583. The molecule has 0 aliphatic rings. The maximum atomic E-state index is 12.0. The normalized spacial score (nSPS) is 12.3. The van der Waals surface area contributed by atoms with Crippen LogP contribution in [0.15, 0.2) is 6.33 Å². The maximum Gasteiger partial charge on any atom is 0.243 e. The van der Waals surface area contributed by atoms with Crippen molar-refractivity contribution in [2.45, 2.75) is 40.3 Å². The molecule has 6 nitrogen and oxygen atoms in total. The van der Waals surface area contributed by atoms with Crippen LogP contribution >= 0.6 is 0 Å². The van der Waals surface area contributed by atoms with Crippen LogP contribution < -0.4 is 10.6 Å². The Morgan fingerprint density at radius 2 is 2.11 bits per heavy atom. The van der Waals surface area contributed by atoms with Crippen molar-refractivity contribution in [2.24, 2.45) is 5.92 Å². The van der Waals surface area contributed by atoms with Gasteiger partial charge in [0, 0.05) is 12.6 Å². The number of imidazole rings is 1. The number of nitrogens with zero attached hydrogens (tertiary/aromatic N) is 1. The first-order chi connectivity index (χ1) is 8.41. The van der Waals surface area contributed by atoms with Gasteiger partial charge in [-0.05, 0) is 12.8 Å². The number of rotatable bonds is 5. The first-order valence-corrected chi connectivity index (χ1v) is 5.95. The Balaban J connectivity index is 2.57. The van der Waals surface area contributed by atoms with E-state index in [0.29, 0.717) is 6.54 Å². The predicted octanol–water partition coefficient (Wildman–Crippen LogP) is 0.495. The fourth-order valence-corrected chi connectivity index (χ4v) is 1.60. The zero-order valence-corrected chi connectivity index (χ0v) is 11.2. The molecule has 0 saturated heterocycles. The Labute approximate surface area is 107 Å². The van der Waals surface area contributed by atoms with Crippen LogP contribution in [0.5, 0.6) is 0 Å². The van der Waals surface area contributed by atoms with E-state index in [9.17, 15) is 9.59 Å². The van der Waals surface area contributed by atoms with Gasteiger partial charge in [-0.2, -0.15) is 0 Å². The Hall–Kier alpha value is -1.85. The highest BCUT2D eigenvalue weighted by atomic mass is 16.2. The van der Waals surface area contributed by atoms with Crippen LogP contribution in [0.25, 0.3) is 0 Å². The molecule has 0 aliphatic heterocycles. The van der Waals surface area contributed by atoms with E-state index in [4.69, 9.17) is 0 Å². The van der Waals surface area contributed by atoms with E-state index in [2.05, 4.69) is 20.6 Å². The molecular formula is C12H20N4O2. The number of aromatic nitrogens is 2. The van der Waals surface area contributed by atoms with Crippen molar-refractivity contribution in [1.82, 2.24) is 20.6 Å². The number of aryl methyl sites for hydroxylation is 1. The molecule has 1 atom stereocenters. The summed E-state index contributed by atoms with van der Waals surface area (Å²) in [7, 11) is 0. The highest BCUT2D eigenvalue weighted by Gasteiger charge is 2.22. The van der Waals surface area contributed by atoms with Gasteiger partial charge in [-0.1, -0.05) is 13.8 Å². The second kappa shape index (κ2) is 6.18. The third-order valence-electron chi connectivity index (χ3n) is 2.67. The van der Waals surface area contributed by atoms with Crippen LogP contribution in [0.4, 0.5) is 0 Å². The zero-order valence-electron chi connectivity index (χ0n) is 11.2. The van der Waals surface area contributed by atoms with Crippen LogP contribution in [0.3, 0.4) is 0 Å². The largest absolute Gasteiger partial charge is 0.349 e. The van der Waals surface area contributed by atoms with Gasteiger partial charge in [0.2, 0.25) is 11.8 Å². The van der Waals surface area contributed by atoms with Gasteiger partial charge in [0.1, 0.15) is 6.04 Å². The number of amides is 2. The van der Waals surface area contributed by atoms with E-state index >= 15 is 0 Å². The van der Waals surface area contributed by atoms with Gasteiger partial charge in [-0.15, -0.1) is 0 Å². The third-order valence-corrected chi connectivity index (χ3v) is 2.67. The maximum absolute atomic E-state index is 12.0. The lowest BCUT2D eigenvalue weighted by Crippen LogP contribution is -2.48. The lowest BCUT2D eigenvalue weighted by Gasteiger charge is -2.20. The standard InChI is InChI=1S/C12H20N4O2/c1-7(2)11(16-9(4)17)12(18)13-5-10-8(3)14-6-15-10/h6-7,11H,5H2,1-4H3,(H,13,18)(H,14,15)(H,16,17)/t11-/m1/s1. The SMILES string of the molecule is CC(=O)N[C@@H](C(=O)NCc1nc[nH]c1C)C(C)C. The first kappa shape index (κ1) is 14.2. The first-order valence-electron chi connectivity index (χ1n) is 5.95. The Kier molecular flexibility index (Phi) is 4.88. The van der Waals surface area contributed by atoms with E-state index in [1.165, 1.54) is 6.92 Å². The molecule has 0 spiro atoms. The summed E-state index contributed by atoms with van der Waals surface area (Å²) in [6, 6.07) is -0.512. The number of hydrogen-bond acceptors (Lipinski definition) is 3. The Bertz CT molecular complexity index is 425. The van der Waals surface area contributed by atoms with Crippen molar-refractivity contribution in [3.8, 4) is 0 Å². The molecule has 0 aromatic carbocycles. The number of carbonyl (C=O) groups excluding carboxylic acids is 2. The molecular weight excluding hydrogens is 232 g/mol. The lowest BCUT2D eigenvalue weighted by atomic mass is 10.0. The zero-order chi connectivity index (χ0) is 13.7. The van der Waals surface area contributed by atoms with Gasteiger partial charge >= 0.3 is 0 Å². The Morgan fingerprint density at radius 1 is 1.44 bits per heavy atom. The summed E-state index contributed by atoms with van der Waals surface area (Å²) < 4.78 is 0. The molecule has 0 aliphatic carbocycles. The second-order valence-corrected chi connectivity index (χ2v) is 4.61. The molecule has 100 valence electrons. The topological polar surface area (TPSA) is 86.9 Å². The summed E-state index contributed by atoms with van der Waals surface area (Å²) >= 11 is 0. The average Bonchev–Trinajstić information content (AvgIpc) is 2.68. The smallest absolute Gasteiger partial charge is 0.243 e. The van der Waals surface area contributed by atoms with Gasteiger partial charge in [-0.25, -0.2) is 4.98 Å². The number of aromatic amines is 1. The predicted molar refractivity (Wildman–Crippen MR) is 67.6 cm³/mol. The molecule has 0 fully saturated rings. The van der Waals surface area contributed by atoms with Crippen LogP contribution in [-0.4, -0.2) is 27.8 Å². The minimum Gasteiger partial charge on any atom is -0.349 e. The molecule has 2 amide bonds. The van der Waals surface area contributed by atoms with Crippen molar-refractivity contribution >= 4 is 11.8 Å². The number of carbonyl (C=O) groups is 2. The molecule has 0 radical (unpaired) electrons. The highest BCUT2D eigenvalue weighted by Crippen LogP contribution is 2.04. The van der Waals surface area contributed by atoms with Crippen LogP contribution in [0, 0.1) is 12.8 Å². The minimum absolute atomic E-state index is 0.0363. The molecule has 3 N–H and O–H groups in total. The van der Waals surface area contributed by atoms with Crippen LogP contribution in [0.2, 0.25) is 0 Å². The Morgan fingerprint density at radius 3 is 2.56 bits per heavy atom. The summed E-state index contributed by atoms with van der Waals surface area (Å²) in [4.78, 5) is 30.0. The second-order valence-electron chi connectivity index (χ2n) is 4.61. The van der Waals surface area contributed by atoms with E-state index in [0.717, 1.165) is 11.4 Å². The monoisotopic (exact) mass is 252 g/mol. The quantitative estimate of drug-likeness (QED) is 0.713. The van der Waals surface area contributed by atoms with E-state index < -0.39 is 6.04 Å². The van der Waals surface area contributed by atoms with E-state index in [1.807, 2.05) is 20.8 Å². The average molecular weight is 252 g/mol. The summed E-state index contributed by atoms with van der Waals surface area (Å²) in [6.45, 7) is 7.43. The summed E-state index contributed by atoms with van der Waals surface area (Å²) in [6.07, 6.45) is 1.59. The van der Waals surface area contributed by atoms with Gasteiger partial charge in [-0.3, -0.25) is 9.59 Å². The van der Waals surface area contributed by atoms with Gasteiger partial charge in [0.25, 0.3) is 0 Å². The molecule has 1 aromatic heterocycles. The summed E-state index contributed by atoms with van der Waals surface area (Å²) in [5.41, 5.74) is 1.73. The number of hydrogen-bond donors (Lipinski definition) is 3. The van der Waals surface area contributed by atoms with E-state index in [1.54, 1.807) is 6.33 Å². The minimum atomic E-state index is -0.512.